The first-order valence-corrected chi connectivity index (χ1v) is 5.36. The summed E-state index contributed by atoms with van der Waals surface area (Å²) in [6.45, 7) is 5.36. The molecule has 0 radical (unpaired) electrons. The highest BCUT2D eigenvalue weighted by molar-refractivity contribution is 4.82. The van der Waals surface area contributed by atoms with Crippen LogP contribution in [0.5, 0.6) is 0 Å². The summed E-state index contributed by atoms with van der Waals surface area (Å²) in [5.74, 6) is 0.844. The second-order valence-electron chi connectivity index (χ2n) is 4.28. The molecule has 3 heteroatoms. The Labute approximate surface area is 80.4 Å². The average Bonchev–Trinajstić information content (AvgIpc) is 2.20. The van der Waals surface area contributed by atoms with E-state index in [0.717, 1.165) is 25.7 Å². The minimum Gasteiger partial charge on any atom is -0.379 e. The summed E-state index contributed by atoms with van der Waals surface area (Å²) in [5, 5.41) is 3.56. The predicted octanol–water partition coefficient (Wildman–Crippen LogP) is 0.317. The first-order valence-electron chi connectivity index (χ1n) is 5.36. The lowest BCUT2D eigenvalue weighted by Gasteiger charge is -2.36. The maximum absolute atomic E-state index is 5.49. The number of nitrogens with one attached hydrogen (secondary N) is 1. The number of likely N-dealkylation sites (tertiary alicyclic amines) is 1. The summed E-state index contributed by atoms with van der Waals surface area (Å²) in [6.07, 6.45) is 2.66. The van der Waals surface area contributed by atoms with Crippen molar-refractivity contribution in [2.24, 2.45) is 5.92 Å². The monoisotopic (exact) mass is 184 g/mol. The highest BCUT2D eigenvalue weighted by Gasteiger charge is 2.26. The van der Waals surface area contributed by atoms with E-state index in [1.807, 2.05) is 0 Å². The minimum atomic E-state index is 0.627. The smallest absolute Gasteiger partial charge is 0.0622 e. The molecule has 2 heterocycles. The van der Waals surface area contributed by atoms with Gasteiger partial charge in [0.05, 0.1) is 13.2 Å². The van der Waals surface area contributed by atoms with E-state index in [-0.39, 0.29) is 0 Å². The first-order chi connectivity index (χ1) is 6.36. The van der Waals surface area contributed by atoms with Gasteiger partial charge >= 0.3 is 0 Å². The fraction of sp³-hybridized carbons (Fsp3) is 1.00. The van der Waals surface area contributed by atoms with Crippen LogP contribution < -0.4 is 5.32 Å². The third kappa shape index (κ3) is 2.42. The fourth-order valence-corrected chi connectivity index (χ4v) is 2.32. The van der Waals surface area contributed by atoms with Gasteiger partial charge in [0.2, 0.25) is 0 Å². The number of piperidine rings is 1. The van der Waals surface area contributed by atoms with Crippen LogP contribution in [0.2, 0.25) is 0 Å². The Kier molecular flexibility index (Phi) is 3.19. The molecule has 2 aliphatic rings. The summed E-state index contributed by atoms with van der Waals surface area (Å²) >= 11 is 0. The van der Waals surface area contributed by atoms with Crippen LogP contribution in [-0.4, -0.2) is 50.8 Å². The third-order valence-corrected chi connectivity index (χ3v) is 3.28. The van der Waals surface area contributed by atoms with Gasteiger partial charge in [-0.15, -0.1) is 0 Å². The lowest BCUT2D eigenvalue weighted by Crippen LogP contribution is -2.48. The lowest BCUT2D eigenvalue weighted by atomic mass is 9.89. The molecular weight excluding hydrogens is 164 g/mol. The van der Waals surface area contributed by atoms with E-state index in [9.17, 15) is 0 Å². The number of morpholine rings is 1. The number of hydrogen-bond acceptors (Lipinski definition) is 3. The van der Waals surface area contributed by atoms with E-state index in [1.54, 1.807) is 0 Å². The second-order valence-corrected chi connectivity index (χ2v) is 4.28. The van der Waals surface area contributed by atoms with Gasteiger partial charge in [0.1, 0.15) is 0 Å². The quantitative estimate of drug-likeness (QED) is 0.635. The topological polar surface area (TPSA) is 24.5 Å². The molecule has 0 spiro atoms. The Morgan fingerprint density at radius 1 is 1.31 bits per heavy atom. The zero-order valence-corrected chi connectivity index (χ0v) is 8.46. The molecule has 1 N–H and O–H groups in total. The standard InChI is InChI=1S/C10H20N2O/c1-12-5-2-9(3-6-12)10-8-13-7-4-11-10/h9-11H,2-8H2,1H3. The number of hydrogen-bond donors (Lipinski definition) is 1. The molecule has 0 amide bonds. The molecule has 1 unspecified atom stereocenters. The summed E-state index contributed by atoms with van der Waals surface area (Å²) in [5.41, 5.74) is 0. The molecule has 0 aliphatic carbocycles. The van der Waals surface area contributed by atoms with E-state index < -0.39 is 0 Å². The lowest BCUT2D eigenvalue weighted by molar-refractivity contribution is 0.0424. The Morgan fingerprint density at radius 2 is 2.08 bits per heavy atom. The molecule has 2 rings (SSSR count). The summed E-state index contributed by atoms with van der Waals surface area (Å²) < 4.78 is 5.49. The van der Waals surface area contributed by atoms with Gasteiger partial charge in [-0.25, -0.2) is 0 Å². The van der Waals surface area contributed by atoms with E-state index in [1.165, 1.54) is 25.9 Å². The number of rotatable bonds is 1. The van der Waals surface area contributed by atoms with Crippen LogP contribution in [0.3, 0.4) is 0 Å². The van der Waals surface area contributed by atoms with Gasteiger partial charge in [-0.2, -0.15) is 0 Å². The van der Waals surface area contributed by atoms with E-state index >= 15 is 0 Å². The Hall–Kier alpha value is -0.120. The molecule has 0 bridgehead atoms. The van der Waals surface area contributed by atoms with Crippen molar-refractivity contribution < 1.29 is 4.74 Å². The van der Waals surface area contributed by atoms with Gasteiger partial charge in [0.15, 0.2) is 0 Å². The van der Waals surface area contributed by atoms with Crippen LogP contribution in [0.15, 0.2) is 0 Å². The second kappa shape index (κ2) is 4.40. The van der Waals surface area contributed by atoms with Crippen LogP contribution in [0.1, 0.15) is 12.8 Å². The number of nitrogens with zero attached hydrogens (tertiary/aromatic N) is 1. The van der Waals surface area contributed by atoms with Crippen molar-refractivity contribution in [1.29, 1.82) is 0 Å². The van der Waals surface area contributed by atoms with E-state index in [2.05, 4.69) is 17.3 Å². The SMILES string of the molecule is CN1CCC(C2COCCN2)CC1. The largest absolute Gasteiger partial charge is 0.379 e. The first kappa shape index (κ1) is 9.44. The Morgan fingerprint density at radius 3 is 2.69 bits per heavy atom. The average molecular weight is 184 g/mol. The molecule has 2 aliphatic heterocycles. The van der Waals surface area contributed by atoms with Crippen molar-refractivity contribution in [3.63, 3.8) is 0 Å². The van der Waals surface area contributed by atoms with Gasteiger partial charge in [0, 0.05) is 12.6 Å². The highest BCUT2D eigenvalue weighted by atomic mass is 16.5. The van der Waals surface area contributed by atoms with Gasteiger partial charge < -0.3 is 15.0 Å². The van der Waals surface area contributed by atoms with Crippen LogP contribution in [0, 0.1) is 5.92 Å². The molecule has 2 saturated heterocycles. The predicted molar refractivity (Wildman–Crippen MR) is 52.8 cm³/mol. The van der Waals surface area contributed by atoms with Crippen LogP contribution >= 0.6 is 0 Å². The van der Waals surface area contributed by atoms with Crippen molar-refractivity contribution in [2.75, 3.05) is 39.9 Å². The van der Waals surface area contributed by atoms with Gasteiger partial charge in [-0.1, -0.05) is 0 Å². The Balaban J connectivity index is 1.79. The molecule has 3 nitrogen and oxygen atoms in total. The van der Waals surface area contributed by atoms with Crippen molar-refractivity contribution >= 4 is 0 Å². The van der Waals surface area contributed by atoms with Crippen molar-refractivity contribution in [2.45, 2.75) is 18.9 Å². The summed E-state index contributed by atoms with van der Waals surface area (Å²) in [6, 6.07) is 0.627. The zero-order chi connectivity index (χ0) is 9.10. The maximum atomic E-state index is 5.49. The third-order valence-electron chi connectivity index (χ3n) is 3.28. The van der Waals surface area contributed by atoms with Crippen molar-refractivity contribution in [3.05, 3.63) is 0 Å². The van der Waals surface area contributed by atoms with Gasteiger partial charge in [-0.05, 0) is 38.9 Å². The molecule has 13 heavy (non-hydrogen) atoms. The summed E-state index contributed by atoms with van der Waals surface area (Å²) in [4.78, 5) is 2.42. The van der Waals surface area contributed by atoms with Crippen LogP contribution in [0.25, 0.3) is 0 Å². The van der Waals surface area contributed by atoms with Crippen molar-refractivity contribution in [1.82, 2.24) is 10.2 Å². The normalized spacial score (nSPS) is 33.5. The highest BCUT2D eigenvalue weighted by Crippen LogP contribution is 2.20. The molecule has 1 atom stereocenters. The molecular formula is C10H20N2O. The van der Waals surface area contributed by atoms with E-state index in [4.69, 9.17) is 4.74 Å². The van der Waals surface area contributed by atoms with Gasteiger partial charge in [0.25, 0.3) is 0 Å². The van der Waals surface area contributed by atoms with Crippen molar-refractivity contribution in [3.8, 4) is 0 Å². The number of ether oxygens (including phenoxy) is 1. The molecule has 2 fully saturated rings. The fourth-order valence-electron chi connectivity index (χ4n) is 2.32. The molecule has 0 aromatic rings. The maximum Gasteiger partial charge on any atom is 0.0622 e. The molecule has 76 valence electrons. The molecule has 0 saturated carbocycles. The molecule has 0 aromatic carbocycles. The van der Waals surface area contributed by atoms with Crippen LogP contribution in [0.4, 0.5) is 0 Å². The summed E-state index contributed by atoms with van der Waals surface area (Å²) in [7, 11) is 2.21. The zero-order valence-electron chi connectivity index (χ0n) is 8.46. The minimum absolute atomic E-state index is 0.627. The van der Waals surface area contributed by atoms with E-state index in [0.29, 0.717) is 6.04 Å². The van der Waals surface area contributed by atoms with Crippen LogP contribution in [-0.2, 0) is 4.74 Å². The van der Waals surface area contributed by atoms with Gasteiger partial charge in [-0.3, -0.25) is 0 Å². The molecule has 0 aromatic heterocycles. The Bertz CT molecular complexity index is 149.